The van der Waals surface area contributed by atoms with Crippen LogP contribution in [0.1, 0.15) is 35.2 Å². The minimum absolute atomic E-state index is 0.0175. The molecule has 23 heavy (non-hydrogen) atoms. The number of rotatable bonds is 5. The van der Waals surface area contributed by atoms with Gasteiger partial charge in [-0.3, -0.25) is 4.79 Å². The van der Waals surface area contributed by atoms with E-state index in [2.05, 4.69) is 37.4 Å². The quantitative estimate of drug-likeness (QED) is 0.874. The number of halogens is 1. The van der Waals surface area contributed by atoms with Crippen molar-refractivity contribution in [1.29, 1.82) is 0 Å². The fraction of sp³-hybridized carbons (Fsp3) is 0.316. The van der Waals surface area contributed by atoms with E-state index in [0.717, 1.165) is 11.1 Å². The summed E-state index contributed by atoms with van der Waals surface area (Å²) in [5.41, 5.74) is 4.43. The van der Waals surface area contributed by atoms with Gasteiger partial charge in [-0.15, -0.1) is 0 Å². The van der Waals surface area contributed by atoms with Crippen molar-refractivity contribution < 1.29 is 9.53 Å². The van der Waals surface area contributed by atoms with Crippen molar-refractivity contribution in [2.75, 3.05) is 6.61 Å². The molecule has 0 fully saturated rings. The van der Waals surface area contributed by atoms with Crippen LogP contribution < -0.4 is 10.1 Å². The van der Waals surface area contributed by atoms with Gasteiger partial charge in [-0.25, -0.2) is 0 Å². The fourth-order valence-electron chi connectivity index (χ4n) is 2.53. The third-order valence-electron chi connectivity index (χ3n) is 3.77. The van der Waals surface area contributed by atoms with E-state index in [4.69, 9.17) is 16.3 Å². The average Bonchev–Trinajstić information content (AvgIpc) is 2.48. The molecule has 0 spiro atoms. The average molecular weight is 332 g/mol. The van der Waals surface area contributed by atoms with Crippen LogP contribution in [0.2, 0.25) is 5.02 Å². The van der Waals surface area contributed by atoms with E-state index in [1.807, 2.05) is 19.9 Å². The van der Waals surface area contributed by atoms with Gasteiger partial charge >= 0.3 is 0 Å². The minimum Gasteiger partial charge on any atom is -0.484 e. The number of carbonyl (C=O) groups excluding carboxylic acids is 1. The molecule has 122 valence electrons. The number of hydrogen-bond donors (Lipinski definition) is 1. The van der Waals surface area contributed by atoms with Crippen LogP contribution in [0.5, 0.6) is 5.75 Å². The van der Waals surface area contributed by atoms with E-state index in [9.17, 15) is 4.79 Å². The monoisotopic (exact) mass is 331 g/mol. The Bertz CT molecular complexity index is 713. The molecule has 1 atom stereocenters. The first-order chi connectivity index (χ1) is 10.9. The first kappa shape index (κ1) is 17.4. The molecule has 0 aromatic heterocycles. The Morgan fingerprint density at radius 1 is 1.13 bits per heavy atom. The summed E-state index contributed by atoms with van der Waals surface area (Å²) < 4.78 is 5.52. The highest BCUT2D eigenvalue weighted by Gasteiger charge is 2.12. The summed E-state index contributed by atoms with van der Waals surface area (Å²) in [6, 6.07) is 11.5. The Morgan fingerprint density at radius 3 is 2.52 bits per heavy atom. The maximum atomic E-state index is 12.1. The van der Waals surface area contributed by atoms with E-state index >= 15 is 0 Å². The Hall–Kier alpha value is -2.00. The van der Waals surface area contributed by atoms with E-state index in [1.54, 1.807) is 12.1 Å². The van der Waals surface area contributed by atoms with Gasteiger partial charge < -0.3 is 10.1 Å². The Balaban J connectivity index is 1.92. The summed E-state index contributed by atoms with van der Waals surface area (Å²) in [4.78, 5) is 12.1. The minimum atomic E-state index is -0.148. The second kappa shape index (κ2) is 7.51. The molecular formula is C19H22ClNO2. The first-order valence-corrected chi connectivity index (χ1v) is 8.00. The lowest BCUT2D eigenvalue weighted by atomic mass is 10.0. The Morgan fingerprint density at radius 2 is 1.87 bits per heavy atom. The third-order valence-corrected chi connectivity index (χ3v) is 4.19. The highest BCUT2D eigenvalue weighted by molar-refractivity contribution is 6.31. The van der Waals surface area contributed by atoms with Crippen LogP contribution >= 0.6 is 11.6 Å². The molecule has 0 saturated heterocycles. The molecule has 3 nitrogen and oxygen atoms in total. The van der Waals surface area contributed by atoms with E-state index in [1.165, 1.54) is 11.1 Å². The highest BCUT2D eigenvalue weighted by atomic mass is 35.5. The molecular weight excluding hydrogens is 310 g/mol. The summed E-state index contributed by atoms with van der Waals surface area (Å²) in [7, 11) is 0. The van der Waals surface area contributed by atoms with Gasteiger partial charge in [0.2, 0.25) is 0 Å². The molecule has 0 bridgehead atoms. The van der Waals surface area contributed by atoms with Gasteiger partial charge in [-0.1, -0.05) is 35.4 Å². The molecule has 2 aromatic carbocycles. The molecule has 0 aliphatic carbocycles. The largest absolute Gasteiger partial charge is 0.484 e. The zero-order chi connectivity index (χ0) is 17.0. The van der Waals surface area contributed by atoms with E-state index < -0.39 is 0 Å². The summed E-state index contributed by atoms with van der Waals surface area (Å²) in [6.45, 7) is 7.97. The maximum Gasteiger partial charge on any atom is 0.258 e. The number of aryl methyl sites for hydroxylation is 3. The van der Waals surface area contributed by atoms with Crippen LogP contribution in [0, 0.1) is 20.8 Å². The number of benzene rings is 2. The van der Waals surface area contributed by atoms with E-state index in [-0.39, 0.29) is 18.6 Å². The predicted octanol–water partition coefficient (Wildman–Crippen LogP) is 4.52. The van der Waals surface area contributed by atoms with Crippen molar-refractivity contribution in [3.8, 4) is 5.75 Å². The maximum absolute atomic E-state index is 12.1. The van der Waals surface area contributed by atoms with Crippen LogP contribution in [-0.2, 0) is 4.79 Å². The van der Waals surface area contributed by atoms with Crippen LogP contribution in [0.15, 0.2) is 36.4 Å². The standard InChI is InChI=1S/C19H22ClNO2/c1-12-5-7-17(13(2)9-12)15(4)21-19(22)11-23-16-6-8-18(20)14(3)10-16/h5-10,15H,11H2,1-4H3,(H,21,22). The number of hydrogen-bond acceptors (Lipinski definition) is 2. The molecule has 1 amide bonds. The summed E-state index contributed by atoms with van der Waals surface area (Å²) in [6.07, 6.45) is 0. The molecule has 0 aliphatic heterocycles. The van der Waals surface area contributed by atoms with Crippen molar-refractivity contribution in [3.05, 3.63) is 63.7 Å². The van der Waals surface area contributed by atoms with E-state index in [0.29, 0.717) is 10.8 Å². The zero-order valence-electron chi connectivity index (χ0n) is 13.9. The molecule has 1 unspecified atom stereocenters. The smallest absolute Gasteiger partial charge is 0.258 e. The second-order valence-electron chi connectivity index (χ2n) is 5.85. The number of carbonyl (C=O) groups is 1. The third kappa shape index (κ3) is 4.73. The molecule has 0 radical (unpaired) electrons. The first-order valence-electron chi connectivity index (χ1n) is 7.62. The topological polar surface area (TPSA) is 38.3 Å². The van der Waals surface area contributed by atoms with Gasteiger partial charge in [0.15, 0.2) is 6.61 Å². The van der Waals surface area contributed by atoms with Gasteiger partial charge in [0.25, 0.3) is 5.91 Å². The van der Waals surface area contributed by atoms with Gasteiger partial charge in [0, 0.05) is 5.02 Å². The summed E-state index contributed by atoms with van der Waals surface area (Å²) >= 11 is 5.97. The van der Waals surface area contributed by atoms with Crippen molar-refractivity contribution in [2.45, 2.75) is 33.7 Å². The fourth-order valence-corrected chi connectivity index (χ4v) is 2.65. The Kier molecular flexibility index (Phi) is 5.67. The molecule has 0 heterocycles. The number of amides is 1. The summed E-state index contributed by atoms with van der Waals surface area (Å²) in [5.74, 6) is 0.492. The van der Waals surface area contributed by atoms with Crippen molar-refractivity contribution in [3.63, 3.8) is 0 Å². The van der Waals surface area contributed by atoms with Gasteiger partial charge in [0.05, 0.1) is 6.04 Å². The van der Waals surface area contributed by atoms with Crippen LogP contribution in [0.3, 0.4) is 0 Å². The van der Waals surface area contributed by atoms with Gasteiger partial charge in [-0.05, 0) is 62.6 Å². The highest BCUT2D eigenvalue weighted by Crippen LogP contribution is 2.21. The van der Waals surface area contributed by atoms with Crippen molar-refractivity contribution >= 4 is 17.5 Å². The Labute approximate surface area is 142 Å². The SMILES string of the molecule is Cc1ccc(C(C)NC(=O)COc2ccc(Cl)c(C)c2)c(C)c1. The normalized spacial score (nSPS) is 11.9. The summed E-state index contributed by atoms with van der Waals surface area (Å²) in [5, 5.41) is 3.65. The van der Waals surface area contributed by atoms with Gasteiger partial charge in [0.1, 0.15) is 5.75 Å². The predicted molar refractivity (Wildman–Crippen MR) is 94.2 cm³/mol. The molecule has 0 aliphatic rings. The van der Waals surface area contributed by atoms with Crippen LogP contribution in [0.25, 0.3) is 0 Å². The van der Waals surface area contributed by atoms with Crippen molar-refractivity contribution in [1.82, 2.24) is 5.32 Å². The molecule has 1 N–H and O–H groups in total. The molecule has 2 rings (SSSR count). The molecule has 0 saturated carbocycles. The van der Waals surface area contributed by atoms with Gasteiger partial charge in [-0.2, -0.15) is 0 Å². The number of ether oxygens (including phenoxy) is 1. The number of nitrogens with one attached hydrogen (secondary N) is 1. The zero-order valence-corrected chi connectivity index (χ0v) is 14.7. The van der Waals surface area contributed by atoms with Crippen LogP contribution in [-0.4, -0.2) is 12.5 Å². The molecule has 4 heteroatoms. The van der Waals surface area contributed by atoms with Crippen LogP contribution in [0.4, 0.5) is 0 Å². The lowest BCUT2D eigenvalue weighted by molar-refractivity contribution is -0.123. The van der Waals surface area contributed by atoms with Crippen molar-refractivity contribution in [2.24, 2.45) is 0 Å². The lowest BCUT2D eigenvalue weighted by Crippen LogP contribution is -2.31. The lowest BCUT2D eigenvalue weighted by Gasteiger charge is -2.17. The molecule has 2 aromatic rings. The second-order valence-corrected chi connectivity index (χ2v) is 6.26.